The van der Waals surface area contributed by atoms with Crippen molar-refractivity contribution >= 4 is 28.3 Å². The Hall–Kier alpha value is -2.66. The third-order valence-corrected chi connectivity index (χ3v) is 4.30. The Morgan fingerprint density at radius 3 is 2.64 bits per heavy atom. The second-order valence-corrected chi connectivity index (χ2v) is 6.09. The Bertz CT molecular complexity index is 1040. The van der Waals surface area contributed by atoms with Gasteiger partial charge < -0.3 is 4.74 Å². The van der Waals surface area contributed by atoms with Gasteiger partial charge in [0.15, 0.2) is 10.9 Å². The molecular formula is C19H17ClN2O3. The molecule has 0 atom stereocenters. The maximum atomic E-state index is 12.9. The SMILES string of the molecule is CCC(=O)Oc1c(Cl)nn(C)c(=O)c1-c1c(C)ccc2ccccc12. The predicted molar refractivity (Wildman–Crippen MR) is 98.1 cm³/mol. The van der Waals surface area contributed by atoms with Crippen LogP contribution in [0.2, 0.25) is 5.15 Å². The first-order valence-corrected chi connectivity index (χ1v) is 8.28. The van der Waals surface area contributed by atoms with Crippen LogP contribution in [0.15, 0.2) is 41.2 Å². The number of esters is 1. The van der Waals surface area contributed by atoms with Gasteiger partial charge in [-0.15, -0.1) is 0 Å². The summed E-state index contributed by atoms with van der Waals surface area (Å²) < 4.78 is 6.53. The lowest BCUT2D eigenvalue weighted by Crippen LogP contribution is -2.24. The first-order chi connectivity index (χ1) is 11.9. The monoisotopic (exact) mass is 356 g/mol. The van der Waals surface area contributed by atoms with Crippen LogP contribution < -0.4 is 10.3 Å². The minimum atomic E-state index is -0.476. The molecule has 0 amide bonds. The molecule has 0 aliphatic rings. The standard InChI is InChI=1S/C19H17ClN2O3/c1-4-14(23)25-17-16(19(24)22(3)21-18(17)20)15-11(2)9-10-12-7-5-6-8-13(12)15/h5-10H,4H2,1-3H3. The smallest absolute Gasteiger partial charge is 0.311 e. The molecule has 2 aromatic carbocycles. The molecule has 0 N–H and O–H groups in total. The van der Waals surface area contributed by atoms with Gasteiger partial charge in [0.05, 0.1) is 5.56 Å². The van der Waals surface area contributed by atoms with Crippen molar-refractivity contribution in [2.24, 2.45) is 7.05 Å². The molecule has 3 aromatic rings. The molecule has 0 fully saturated rings. The van der Waals surface area contributed by atoms with Crippen LogP contribution in [0.4, 0.5) is 0 Å². The van der Waals surface area contributed by atoms with Gasteiger partial charge in [-0.2, -0.15) is 5.10 Å². The van der Waals surface area contributed by atoms with Gasteiger partial charge >= 0.3 is 5.97 Å². The second-order valence-electron chi connectivity index (χ2n) is 5.73. The number of benzene rings is 2. The van der Waals surface area contributed by atoms with Crippen LogP contribution in [0.5, 0.6) is 5.75 Å². The van der Waals surface area contributed by atoms with Crippen LogP contribution in [0.25, 0.3) is 21.9 Å². The highest BCUT2D eigenvalue weighted by molar-refractivity contribution is 6.31. The number of nitrogens with zero attached hydrogens (tertiary/aromatic N) is 2. The van der Waals surface area contributed by atoms with E-state index in [1.807, 2.05) is 43.3 Å². The fourth-order valence-corrected chi connectivity index (χ4v) is 3.04. The Morgan fingerprint density at radius 2 is 1.92 bits per heavy atom. The minimum Gasteiger partial charge on any atom is -0.422 e. The van der Waals surface area contributed by atoms with Crippen molar-refractivity contribution < 1.29 is 9.53 Å². The van der Waals surface area contributed by atoms with Gasteiger partial charge in [-0.25, -0.2) is 4.68 Å². The van der Waals surface area contributed by atoms with E-state index in [9.17, 15) is 9.59 Å². The van der Waals surface area contributed by atoms with Gasteiger partial charge in [-0.3, -0.25) is 9.59 Å². The summed E-state index contributed by atoms with van der Waals surface area (Å²) in [7, 11) is 1.52. The van der Waals surface area contributed by atoms with Crippen molar-refractivity contribution in [3.05, 3.63) is 57.5 Å². The Balaban J connectivity index is 2.44. The van der Waals surface area contributed by atoms with Crippen molar-refractivity contribution in [2.75, 3.05) is 0 Å². The van der Waals surface area contributed by atoms with Crippen molar-refractivity contribution in [3.8, 4) is 16.9 Å². The zero-order valence-corrected chi connectivity index (χ0v) is 14.9. The average Bonchev–Trinajstić information content (AvgIpc) is 2.60. The normalized spacial score (nSPS) is 10.9. The van der Waals surface area contributed by atoms with Crippen molar-refractivity contribution in [1.29, 1.82) is 0 Å². The van der Waals surface area contributed by atoms with Crippen LogP contribution >= 0.6 is 11.6 Å². The van der Waals surface area contributed by atoms with E-state index in [2.05, 4.69) is 5.10 Å². The average molecular weight is 357 g/mol. The second kappa shape index (κ2) is 6.69. The molecule has 0 spiro atoms. The molecule has 5 nitrogen and oxygen atoms in total. The zero-order chi connectivity index (χ0) is 18.1. The fourth-order valence-electron chi connectivity index (χ4n) is 2.80. The first kappa shape index (κ1) is 17.2. The predicted octanol–water partition coefficient (Wildman–Crippen LogP) is 3.88. The van der Waals surface area contributed by atoms with E-state index >= 15 is 0 Å². The highest BCUT2D eigenvalue weighted by Crippen LogP contribution is 2.38. The Kier molecular flexibility index (Phi) is 4.59. The molecule has 0 unspecified atom stereocenters. The van der Waals surface area contributed by atoms with Gasteiger partial charge in [0.25, 0.3) is 5.56 Å². The molecular weight excluding hydrogens is 340 g/mol. The van der Waals surface area contributed by atoms with Gasteiger partial charge in [-0.05, 0) is 23.3 Å². The lowest BCUT2D eigenvalue weighted by Gasteiger charge is -2.15. The van der Waals surface area contributed by atoms with Crippen molar-refractivity contribution in [1.82, 2.24) is 9.78 Å². The van der Waals surface area contributed by atoms with E-state index in [1.54, 1.807) is 6.92 Å². The highest BCUT2D eigenvalue weighted by Gasteiger charge is 2.23. The van der Waals surface area contributed by atoms with E-state index in [-0.39, 0.29) is 28.4 Å². The van der Waals surface area contributed by atoms with Crippen molar-refractivity contribution in [2.45, 2.75) is 20.3 Å². The Labute approximate surface area is 149 Å². The molecule has 0 bridgehead atoms. The molecule has 1 heterocycles. The van der Waals surface area contributed by atoms with Gasteiger partial charge in [0, 0.05) is 19.0 Å². The quantitative estimate of drug-likeness (QED) is 0.668. The number of aryl methyl sites for hydroxylation is 2. The number of ether oxygens (including phenoxy) is 1. The number of carbonyl (C=O) groups is 1. The molecule has 0 radical (unpaired) electrons. The summed E-state index contributed by atoms with van der Waals surface area (Å²) >= 11 is 6.21. The number of hydrogen-bond donors (Lipinski definition) is 0. The lowest BCUT2D eigenvalue weighted by molar-refractivity contribution is -0.134. The van der Waals surface area contributed by atoms with Crippen molar-refractivity contribution in [3.63, 3.8) is 0 Å². The summed E-state index contributed by atoms with van der Waals surface area (Å²) in [4.78, 5) is 24.7. The van der Waals surface area contributed by atoms with Crippen LogP contribution in [-0.2, 0) is 11.8 Å². The largest absolute Gasteiger partial charge is 0.422 e. The lowest BCUT2D eigenvalue weighted by atomic mass is 9.94. The molecule has 0 aliphatic heterocycles. The molecule has 6 heteroatoms. The van der Waals surface area contributed by atoms with E-state index in [1.165, 1.54) is 7.05 Å². The fraction of sp³-hybridized carbons (Fsp3) is 0.211. The summed E-state index contributed by atoms with van der Waals surface area (Å²) in [5, 5.41) is 5.79. The molecule has 25 heavy (non-hydrogen) atoms. The Morgan fingerprint density at radius 1 is 1.20 bits per heavy atom. The number of carbonyl (C=O) groups excluding carboxylic acids is 1. The topological polar surface area (TPSA) is 61.2 Å². The number of fused-ring (bicyclic) bond motifs is 1. The third kappa shape index (κ3) is 3.03. The summed E-state index contributed by atoms with van der Waals surface area (Å²) in [6.45, 7) is 3.58. The summed E-state index contributed by atoms with van der Waals surface area (Å²) in [6.07, 6.45) is 0.166. The maximum Gasteiger partial charge on any atom is 0.311 e. The number of aromatic nitrogens is 2. The molecule has 0 saturated carbocycles. The molecule has 0 saturated heterocycles. The first-order valence-electron chi connectivity index (χ1n) is 7.90. The summed E-state index contributed by atoms with van der Waals surface area (Å²) in [6, 6.07) is 11.6. The van der Waals surface area contributed by atoms with E-state index in [0.29, 0.717) is 5.56 Å². The van der Waals surface area contributed by atoms with Crippen LogP contribution in [-0.4, -0.2) is 15.7 Å². The highest BCUT2D eigenvalue weighted by atomic mass is 35.5. The zero-order valence-electron chi connectivity index (χ0n) is 14.2. The van der Waals surface area contributed by atoms with Crippen LogP contribution in [0.3, 0.4) is 0 Å². The summed E-state index contributed by atoms with van der Waals surface area (Å²) in [5.74, 6) is -0.466. The molecule has 1 aromatic heterocycles. The van der Waals surface area contributed by atoms with Gasteiger partial charge in [0.2, 0.25) is 0 Å². The van der Waals surface area contributed by atoms with E-state index in [4.69, 9.17) is 16.3 Å². The molecule has 3 rings (SSSR count). The minimum absolute atomic E-state index is 0.0102. The van der Waals surface area contributed by atoms with Crippen LogP contribution in [0, 0.1) is 6.92 Å². The molecule has 128 valence electrons. The number of hydrogen-bond acceptors (Lipinski definition) is 4. The summed E-state index contributed by atoms with van der Waals surface area (Å²) in [5.41, 5.74) is 1.45. The van der Waals surface area contributed by atoms with Crippen LogP contribution in [0.1, 0.15) is 18.9 Å². The molecule has 0 aliphatic carbocycles. The van der Waals surface area contributed by atoms with E-state index in [0.717, 1.165) is 21.0 Å². The third-order valence-electron chi connectivity index (χ3n) is 4.05. The van der Waals surface area contributed by atoms with Gasteiger partial charge in [0.1, 0.15) is 0 Å². The van der Waals surface area contributed by atoms with Gasteiger partial charge in [-0.1, -0.05) is 54.9 Å². The van der Waals surface area contributed by atoms with E-state index < -0.39 is 5.97 Å². The number of rotatable bonds is 3. The number of halogens is 1. The maximum absolute atomic E-state index is 12.9.